The summed E-state index contributed by atoms with van der Waals surface area (Å²) in [5.74, 6) is 1.66. The van der Waals surface area contributed by atoms with Crippen molar-refractivity contribution in [1.29, 1.82) is 0 Å². The molecule has 0 radical (unpaired) electrons. The molecular weight excluding hydrogens is 254 g/mol. The van der Waals surface area contributed by atoms with Crippen molar-refractivity contribution in [2.45, 2.75) is 38.8 Å². The molecule has 1 aliphatic heterocycles. The molecule has 4 heteroatoms. The van der Waals surface area contributed by atoms with E-state index < -0.39 is 0 Å². The lowest BCUT2D eigenvalue weighted by Crippen LogP contribution is -2.40. The highest BCUT2D eigenvalue weighted by Gasteiger charge is 2.31. The number of hydrogen-bond donors (Lipinski definition) is 1. The van der Waals surface area contributed by atoms with Crippen molar-refractivity contribution in [3.05, 3.63) is 23.8 Å². The molecule has 1 aromatic carbocycles. The molecular formula is C16H25NO3. The van der Waals surface area contributed by atoms with E-state index in [-0.39, 0.29) is 11.6 Å². The zero-order valence-corrected chi connectivity index (χ0v) is 12.9. The molecule has 0 fully saturated rings. The molecule has 20 heavy (non-hydrogen) atoms. The molecule has 0 aromatic heterocycles. The minimum atomic E-state index is -0.288. The third-order valence-corrected chi connectivity index (χ3v) is 3.61. The summed E-state index contributed by atoms with van der Waals surface area (Å²) in [5, 5.41) is 3.34. The molecule has 112 valence electrons. The highest BCUT2D eigenvalue weighted by Crippen LogP contribution is 2.36. The van der Waals surface area contributed by atoms with Crippen molar-refractivity contribution in [2.24, 2.45) is 0 Å². The maximum absolute atomic E-state index is 5.87. The van der Waals surface area contributed by atoms with E-state index in [1.165, 1.54) is 0 Å². The Morgan fingerprint density at radius 2 is 1.95 bits per heavy atom. The SMILES string of the molecule is CCOC(C)(C)C(NC)c1ccc2c(c1)OCCCO2. The highest BCUT2D eigenvalue weighted by atomic mass is 16.5. The van der Waals surface area contributed by atoms with Crippen molar-refractivity contribution in [3.63, 3.8) is 0 Å². The average Bonchev–Trinajstić information content (AvgIpc) is 2.63. The van der Waals surface area contributed by atoms with Crippen LogP contribution < -0.4 is 14.8 Å². The van der Waals surface area contributed by atoms with Crippen LogP contribution in [0.15, 0.2) is 18.2 Å². The van der Waals surface area contributed by atoms with Crippen molar-refractivity contribution in [2.75, 3.05) is 26.9 Å². The van der Waals surface area contributed by atoms with Gasteiger partial charge in [-0.3, -0.25) is 0 Å². The van der Waals surface area contributed by atoms with Crippen LogP contribution in [0.5, 0.6) is 11.5 Å². The summed E-state index contributed by atoms with van der Waals surface area (Å²) in [6, 6.07) is 6.22. The molecule has 0 saturated carbocycles. The molecule has 1 atom stereocenters. The van der Waals surface area contributed by atoms with Crippen molar-refractivity contribution < 1.29 is 14.2 Å². The van der Waals surface area contributed by atoms with Gasteiger partial charge in [-0.25, -0.2) is 0 Å². The quantitative estimate of drug-likeness (QED) is 0.899. The summed E-state index contributed by atoms with van der Waals surface area (Å²) in [7, 11) is 1.95. The van der Waals surface area contributed by atoms with Gasteiger partial charge in [0.15, 0.2) is 11.5 Å². The Labute approximate surface area is 121 Å². The normalized spacial score (nSPS) is 16.6. The predicted molar refractivity (Wildman–Crippen MR) is 79.6 cm³/mol. The van der Waals surface area contributed by atoms with Crippen molar-refractivity contribution in [1.82, 2.24) is 5.32 Å². The lowest BCUT2D eigenvalue weighted by molar-refractivity contribution is -0.0375. The summed E-state index contributed by atoms with van der Waals surface area (Å²) in [6.07, 6.45) is 0.921. The molecule has 0 spiro atoms. The minimum Gasteiger partial charge on any atom is -0.490 e. The Balaban J connectivity index is 2.29. The van der Waals surface area contributed by atoms with Crippen LogP contribution in [0.3, 0.4) is 0 Å². The number of rotatable bonds is 5. The number of benzene rings is 1. The second kappa shape index (κ2) is 6.46. The number of hydrogen-bond acceptors (Lipinski definition) is 4. The van der Waals surface area contributed by atoms with Gasteiger partial charge >= 0.3 is 0 Å². The molecule has 0 aliphatic carbocycles. The van der Waals surface area contributed by atoms with Crippen LogP contribution in [-0.2, 0) is 4.74 Å². The first-order valence-corrected chi connectivity index (χ1v) is 7.29. The van der Waals surface area contributed by atoms with Gasteiger partial charge in [-0.05, 0) is 45.5 Å². The number of ether oxygens (including phenoxy) is 3. The van der Waals surface area contributed by atoms with E-state index in [1.54, 1.807) is 0 Å². The number of nitrogens with one attached hydrogen (secondary N) is 1. The van der Waals surface area contributed by atoms with E-state index in [0.29, 0.717) is 19.8 Å². The number of fused-ring (bicyclic) bond motifs is 1. The van der Waals surface area contributed by atoms with E-state index in [0.717, 1.165) is 23.5 Å². The van der Waals surface area contributed by atoms with Gasteiger partial charge in [0, 0.05) is 13.0 Å². The molecule has 1 N–H and O–H groups in total. The predicted octanol–water partition coefficient (Wildman–Crippen LogP) is 2.92. The fraction of sp³-hybridized carbons (Fsp3) is 0.625. The number of likely N-dealkylation sites (N-methyl/N-ethyl adjacent to an activating group) is 1. The van der Waals surface area contributed by atoms with Crippen molar-refractivity contribution in [3.8, 4) is 11.5 Å². The third-order valence-electron chi connectivity index (χ3n) is 3.61. The van der Waals surface area contributed by atoms with Crippen LogP contribution in [0, 0.1) is 0 Å². The van der Waals surface area contributed by atoms with E-state index in [9.17, 15) is 0 Å². The molecule has 1 heterocycles. The molecule has 1 unspecified atom stereocenters. The zero-order valence-electron chi connectivity index (χ0n) is 12.9. The Hall–Kier alpha value is -1.26. The smallest absolute Gasteiger partial charge is 0.161 e. The van der Waals surface area contributed by atoms with Crippen LogP contribution in [0.2, 0.25) is 0 Å². The second-order valence-electron chi connectivity index (χ2n) is 5.51. The molecule has 4 nitrogen and oxygen atoms in total. The summed E-state index contributed by atoms with van der Waals surface area (Å²) in [4.78, 5) is 0. The molecule has 0 amide bonds. The maximum Gasteiger partial charge on any atom is 0.161 e. The van der Waals surface area contributed by atoms with Gasteiger partial charge in [-0.2, -0.15) is 0 Å². The van der Waals surface area contributed by atoms with E-state index >= 15 is 0 Å². The van der Waals surface area contributed by atoms with Gasteiger partial charge in [0.1, 0.15) is 0 Å². The summed E-state index contributed by atoms with van der Waals surface area (Å²) >= 11 is 0. The summed E-state index contributed by atoms with van der Waals surface area (Å²) < 4.78 is 17.3. The first-order valence-electron chi connectivity index (χ1n) is 7.29. The first-order chi connectivity index (χ1) is 9.58. The van der Waals surface area contributed by atoms with Crippen LogP contribution in [0.25, 0.3) is 0 Å². The maximum atomic E-state index is 5.87. The van der Waals surface area contributed by atoms with Crippen molar-refractivity contribution >= 4 is 0 Å². The molecule has 1 aliphatic rings. The lowest BCUT2D eigenvalue weighted by atomic mass is 9.91. The van der Waals surface area contributed by atoms with E-state index in [2.05, 4.69) is 31.3 Å². The van der Waals surface area contributed by atoms with Gasteiger partial charge in [0.2, 0.25) is 0 Å². The Bertz CT molecular complexity index is 445. The fourth-order valence-electron chi connectivity index (χ4n) is 2.73. The largest absolute Gasteiger partial charge is 0.490 e. The monoisotopic (exact) mass is 279 g/mol. The Morgan fingerprint density at radius 3 is 2.60 bits per heavy atom. The standard InChI is InChI=1S/C16H25NO3/c1-5-20-16(2,3)15(17-4)12-7-8-13-14(11-12)19-10-6-9-18-13/h7-8,11,15,17H,5-6,9-10H2,1-4H3. The second-order valence-corrected chi connectivity index (χ2v) is 5.51. The van der Waals surface area contributed by atoms with Gasteiger partial charge in [0.05, 0.1) is 24.9 Å². The molecule has 0 saturated heterocycles. The minimum absolute atomic E-state index is 0.0969. The highest BCUT2D eigenvalue weighted by molar-refractivity contribution is 5.44. The van der Waals surface area contributed by atoms with Gasteiger partial charge < -0.3 is 19.5 Å². The van der Waals surface area contributed by atoms with E-state index in [1.807, 2.05) is 20.0 Å². The van der Waals surface area contributed by atoms with Gasteiger partial charge in [-0.15, -0.1) is 0 Å². The Kier molecular flexibility index (Phi) is 4.89. The van der Waals surface area contributed by atoms with Crippen LogP contribution in [-0.4, -0.2) is 32.5 Å². The fourth-order valence-corrected chi connectivity index (χ4v) is 2.73. The topological polar surface area (TPSA) is 39.7 Å². The Morgan fingerprint density at radius 1 is 1.25 bits per heavy atom. The van der Waals surface area contributed by atoms with Gasteiger partial charge in [0.25, 0.3) is 0 Å². The average molecular weight is 279 g/mol. The van der Waals surface area contributed by atoms with E-state index in [4.69, 9.17) is 14.2 Å². The zero-order chi connectivity index (χ0) is 14.6. The van der Waals surface area contributed by atoms with Gasteiger partial charge in [-0.1, -0.05) is 6.07 Å². The molecule has 1 aromatic rings. The molecule has 0 bridgehead atoms. The summed E-state index contributed by atoms with van der Waals surface area (Å²) in [5.41, 5.74) is 0.860. The first kappa shape index (κ1) is 15.1. The summed E-state index contributed by atoms with van der Waals surface area (Å²) in [6.45, 7) is 8.32. The van der Waals surface area contributed by atoms with Crippen LogP contribution in [0.4, 0.5) is 0 Å². The molecule has 2 rings (SSSR count). The lowest BCUT2D eigenvalue weighted by Gasteiger charge is -2.34. The third kappa shape index (κ3) is 3.25. The van der Waals surface area contributed by atoms with Crippen LogP contribution in [0.1, 0.15) is 38.8 Å². The van der Waals surface area contributed by atoms with Crippen LogP contribution >= 0.6 is 0 Å².